The van der Waals surface area contributed by atoms with Crippen molar-refractivity contribution in [1.82, 2.24) is 15.1 Å². The van der Waals surface area contributed by atoms with Gasteiger partial charge < -0.3 is 15.1 Å². The highest BCUT2D eigenvalue weighted by Gasteiger charge is 2.35. The van der Waals surface area contributed by atoms with Crippen LogP contribution in [0, 0.1) is 5.92 Å². The summed E-state index contributed by atoms with van der Waals surface area (Å²) in [5.74, 6) is 0.509. The number of piperidine rings is 2. The minimum Gasteiger partial charge on any atom is -0.343 e. The molecule has 0 saturated carbocycles. The Hall–Kier alpha value is -1.30. The molecule has 2 amide bonds. The molecule has 148 valence electrons. The number of carbonyl (C=O) groups excluding carboxylic acids is 2. The zero-order valence-electron chi connectivity index (χ0n) is 15.9. The molecule has 2 saturated heterocycles. The van der Waals surface area contributed by atoms with Crippen LogP contribution < -0.4 is 5.32 Å². The van der Waals surface area contributed by atoms with Gasteiger partial charge in [0.05, 0.1) is 10.0 Å². The van der Waals surface area contributed by atoms with E-state index in [0.29, 0.717) is 35.7 Å². The fraction of sp³-hybridized carbons (Fsp3) is 0.600. The zero-order chi connectivity index (χ0) is 19.6. The van der Waals surface area contributed by atoms with E-state index in [2.05, 4.69) is 5.32 Å². The van der Waals surface area contributed by atoms with Crippen LogP contribution in [0.5, 0.6) is 0 Å². The molecule has 7 heteroatoms. The number of carbonyl (C=O) groups is 2. The maximum absolute atomic E-state index is 13.1. The minimum absolute atomic E-state index is 0.0150. The second-order valence-electron chi connectivity index (χ2n) is 7.53. The minimum atomic E-state index is 0.0150. The van der Waals surface area contributed by atoms with Gasteiger partial charge in [-0.3, -0.25) is 9.59 Å². The van der Waals surface area contributed by atoms with Crippen molar-refractivity contribution >= 4 is 35.0 Å². The highest BCUT2D eigenvalue weighted by Crippen LogP contribution is 2.33. The molecule has 2 heterocycles. The van der Waals surface area contributed by atoms with Gasteiger partial charge in [0.1, 0.15) is 0 Å². The Morgan fingerprint density at radius 2 is 1.70 bits per heavy atom. The van der Waals surface area contributed by atoms with Crippen molar-refractivity contribution in [3.63, 3.8) is 0 Å². The molecule has 1 aromatic carbocycles. The van der Waals surface area contributed by atoms with Gasteiger partial charge in [-0.1, -0.05) is 29.3 Å². The summed E-state index contributed by atoms with van der Waals surface area (Å²) in [5, 5.41) is 4.47. The lowest BCUT2D eigenvalue weighted by molar-refractivity contribution is -0.141. The standard InChI is InChI=1S/C20H27Cl2N3O2/c1-13(26)24-8-5-14(6-9-24)20(27)25-10-7-19(23-2)16(12-25)15-3-4-17(21)18(22)11-15/h3-4,11,14,16,19,23H,5-10,12H2,1-2H3/t16-,19+/m0/s1. The molecule has 2 aliphatic heterocycles. The van der Waals surface area contributed by atoms with E-state index in [9.17, 15) is 9.59 Å². The van der Waals surface area contributed by atoms with Crippen molar-refractivity contribution in [2.45, 2.75) is 38.1 Å². The van der Waals surface area contributed by atoms with E-state index in [1.165, 1.54) is 0 Å². The van der Waals surface area contributed by atoms with E-state index >= 15 is 0 Å². The SMILES string of the molecule is CN[C@@H]1CCN(C(=O)C2CCN(C(C)=O)CC2)C[C@H]1c1ccc(Cl)c(Cl)c1. The average Bonchev–Trinajstić information content (AvgIpc) is 2.69. The first kappa shape index (κ1) is 20.4. The van der Waals surface area contributed by atoms with E-state index < -0.39 is 0 Å². The van der Waals surface area contributed by atoms with Crippen molar-refractivity contribution in [2.75, 3.05) is 33.2 Å². The highest BCUT2D eigenvalue weighted by atomic mass is 35.5. The molecule has 0 aromatic heterocycles. The smallest absolute Gasteiger partial charge is 0.225 e. The fourth-order valence-electron chi connectivity index (χ4n) is 4.28. The highest BCUT2D eigenvalue weighted by molar-refractivity contribution is 6.42. The molecule has 0 bridgehead atoms. The van der Waals surface area contributed by atoms with Crippen LogP contribution in [0.25, 0.3) is 0 Å². The third-order valence-electron chi connectivity index (χ3n) is 5.96. The van der Waals surface area contributed by atoms with Gasteiger partial charge >= 0.3 is 0 Å². The van der Waals surface area contributed by atoms with Gasteiger partial charge in [0.2, 0.25) is 11.8 Å². The Kier molecular flexibility index (Phi) is 6.66. The predicted octanol–water partition coefficient (Wildman–Crippen LogP) is 3.16. The Labute approximate surface area is 171 Å². The number of likely N-dealkylation sites (tertiary alicyclic amines) is 2. The van der Waals surface area contributed by atoms with Crippen LogP contribution in [0.1, 0.15) is 37.7 Å². The topological polar surface area (TPSA) is 52.7 Å². The predicted molar refractivity (Wildman–Crippen MR) is 108 cm³/mol. The normalized spacial score (nSPS) is 24.1. The van der Waals surface area contributed by atoms with Crippen LogP contribution in [-0.4, -0.2) is 60.9 Å². The number of hydrogen-bond acceptors (Lipinski definition) is 3. The molecule has 0 unspecified atom stereocenters. The van der Waals surface area contributed by atoms with E-state index in [4.69, 9.17) is 23.2 Å². The fourth-order valence-corrected chi connectivity index (χ4v) is 4.58. The third-order valence-corrected chi connectivity index (χ3v) is 6.70. The number of likely N-dealkylation sites (N-methyl/N-ethyl adjacent to an activating group) is 1. The Bertz CT molecular complexity index is 704. The summed E-state index contributed by atoms with van der Waals surface area (Å²) in [6.45, 7) is 4.38. The maximum Gasteiger partial charge on any atom is 0.225 e. The van der Waals surface area contributed by atoms with Gasteiger partial charge in [-0.15, -0.1) is 0 Å². The van der Waals surface area contributed by atoms with Crippen LogP contribution in [0.15, 0.2) is 18.2 Å². The molecule has 1 N–H and O–H groups in total. The monoisotopic (exact) mass is 411 g/mol. The zero-order valence-corrected chi connectivity index (χ0v) is 17.4. The van der Waals surface area contributed by atoms with Gasteiger partial charge in [-0.2, -0.15) is 0 Å². The largest absolute Gasteiger partial charge is 0.343 e. The molecule has 0 radical (unpaired) electrons. The number of amides is 2. The average molecular weight is 412 g/mol. The van der Waals surface area contributed by atoms with Gasteiger partial charge in [-0.25, -0.2) is 0 Å². The third kappa shape index (κ3) is 4.58. The first-order chi connectivity index (χ1) is 12.9. The Morgan fingerprint density at radius 1 is 1.04 bits per heavy atom. The molecule has 3 rings (SSSR count). The maximum atomic E-state index is 13.1. The Balaban J connectivity index is 1.69. The van der Waals surface area contributed by atoms with Crippen molar-refractivity contribution in [3.8, 4) is 0 Å². The van der Waals surface area contributed by atoms with Crippen molar-refractivity contribution in [1.29, 1.82) is 0 Å². The number of hydrogen-bond donors (Lipinski definition) is 1. The lowest BCUT2D eigenvalue weighted by Crippen LogP contribution is -2.51. The van der Waals surface area contributed by atoms with Gasteiger partial charge in [0.25, 0.3) is 0 Å². The first-order valence-electron chi connectivity index (χ1n) is 9.57. The van der Waals surface area contributed by atoms with Gasteiger partial charge in [0, 0.05) is 51.0 Å². The van der Waals surface area contributed by atoms with Gasteiger partial charge in [0.15, 0.2) is 0 Å². The summed E-state index contributed by atoms with van der Waals surface area (Å²) in [6.07, 6.45) is 2.41. The molecule has 2 aliphatic rings. The summed E-state index contributed by atoms with van der Waals surface area (Å²) in [4.78, 5) is 28.4. The summed E-state index contributed by atoms with van der Waals surface area (Å²) in [5.41, 5.74) is 1.10. The number of nitrogens with one attached hydrogen (secondary N) is 1. The number of benzene rings is 1. The quantitative estimate of drug-likeness (QED) is 0.830. The van der Waals surface area contributed by atoms with Crippen LogP contribution in [-0.2, 0) is 9.59 Å². The summed E-state index contributed by atoms with van der Waals surface area (Å²) < 4.78 is 0. The molecule has 5 nitrogen and oxygen atoms in total. The molecule has 2 fully saturated rings. The number of halogens is 2. The number of rotatable bonds is 3. The van der Waals surface area contributed by atoms with E-state index in [0.717, 1.165) is 31.4 Å². The molecule has 1 aromatic rings. The van der Waals surface area contributed by atoms with Crippen molar-refractivity contribution in [3.05, 3.63) is 33.8 Å². The lowest BCUT2D eigenvalue weighted by Gasteiger charge is -2.41. The summed E-state index contributed by atoms with van der Waals surface area (Å²) in [6, 6.07) is 6.04. The van der Waals surface area contributed by atoms with Crippen LogP contribution in [0.2, 0.25) is 10.0 Å². The number of nitrogens with zero attached hydrogens (tertiary/aromatic N) is 2. The molecular formula is C20H27Cl2N3O2. The molecule has 27 heavy (non-hydrogen) atoms. The van der Waals surface area contributed by atoms with Crippen LogP contribution in [0.3, 0.4) is 0 Å². The molecular weight excluding hydrogens is 385 g/mol. The summed E-state index contributed by atoms with van der Waals surface area (Å²) in [7, 11) is 1.96. The van der Waals surface area contributed by atoms with Gasteiger partial charge in [-0.05, 0) is 44.0 Å². The van der Waals surface area contributed by atoms with E-state index in [1.54, 1.807) is 6.92 Å². The Morgan fingerprint density at radius 3 is 2.30 bits per heavy atom. The van der Waals surface area contributed by atoms with Crippen molar-refractivity contribution in [2.24, 2.45) is 5.92 Å². The van der Waals surface area contributed by atoms with Crippen LogP contribution >= 0.6 is 23.2 Å². The van der Waals surface area contributed by atoms with Crippen molar-refractivity contribution < 1.29 is 9.59 Å². The second kappa shape index (κ2) is 8.80. The van der Waals surface area contributed by atoms with E-state index in [-0.39, 0.29) is 23.7 Å². The molecule has 0 aliphatic carbocycles. The molecule has 0 spiro atoms. The van der Waals surface area contributed by atoms with Crippen LogP contribution in [0.4, 0.5) is 0 Å². The van der Waals surface area contributed by atoms with E-state index in [1.807, 2.05) is 35.0 Å². The summed E-state index contributed by atoms with van der Waals surface area (Å²) >= 11 is 12.3. The molecule has 2 atom stereocenters. The second-order valence-corrected chi connectivity index (χ2v) is 8.34. The lowest BCUT2D eigenvalue weighted by atomic mass is 9.85. The first-order valence-corrected chi connectivity index (χ1v) is 10.3.